The first-order valence-electron chi connectivity index (χ1n) is 11.6. The molecule has 35 heavy (non-hydrogen) atoms. The molecule has 0 heterocycles. The van der Waals surface area contributed by atoms with Gasteiger partial charge in [0.1, 0.15) is 24.2 Å². The summed E-state index contributed by atoms with van der Waals surface area (Å²) >= 11 is 0. The van der Waals surface area contributed by atoms with Crippen LogP contribution >= 0.6 is 0 Å². The smallest absolute Gasteiger partial charge is 0.244 e. The molecule has 1 saturated carbocycles. The van der Waals surface area contributed by atoms with Crippen LogP contribution in [0.1, 0.15) is 44.6 Å². The molecule has 0 bridgehead atoms. The fraction of sp³-hybridized carbons (Fsp3) is 0.440. The lowest BCUT2D eigenvalue weighted by Crippen LogP contribution is -2.53. The Morgan fingerprint density at radius 2 is 1.66 bits per heavy atom. The third-order valence-electron chi connectivity index (χ3n) is 6.19. The van der Waals surface area contributed by atoms with Crippen LogP contribution in [0.15, 0.2) is 48.5 Å². The largest absolute Gasteiger partial charge is 0.352 e. The van der Waals surface area contributed by atoms with E-state index in [2.05, 4.69) is 5.32 Å². The first-order chi connectivity index (χ1) is 16.6. The molecule has 1 aliphatic rings. The molecule has 3 rings (SSSR count). The maximum Gasteiger partial charge on any atom is 0.244 e. The molecule has 0 saturated heterocycles. The molecule has 2 aromatic carbocycles. The van der Waals surface area contributed by atoms with Gasteiger partial charge in [-0.3, -0.25) is 13.9 Å². The summed E-state index contributed by atoms with van der Waals surface area (Å²) in [6, 6.07) is 9.82. The van der Waals surface area contributed by atoms with Crippen molar-refractivity contribution in [3.63, 3.8) is 0 Å². The lowest BCUT2D eigenvalue weighted by Gasteiger charge is -2.33. The van der Waals surface area contributed by atoms with Gasteiger partial charge in [-0.1, -0.05) is 43.5 Å². The minimum absolute atomic E-state index is 0.0207. The van der Waals surface area contributed by atoms with Crippen LogP contribution in [0.4, 0.5) is 14.5 Å². The maximum atomic E-state index is 14.4. The highest BCUT2D eigenvalue weighted by atomic mass is 32.2. The fourth-order valence-corrected chi connectivity index (χ4v) is 5.04. The molecule has 10 heteroatoms. The molecule has 0 aliphatic heterocycles. The summed E-state index contributed by atoms with van der Waals surface area (Å²) < 4.78 is 53.5. The second kappa shape index (κ2) is 11.6. The molecule has 0 aromatic heterocycles. The number of rotatable bonds is 9. The summed E-state index contributed by atoms with van der Waals surface area (Å²) in [5.41, 5.74) is 0.304. The molecular weight excluding hydrogens is 476 g/mol. The summed E-state index contributed by atoms with van der Waals surface area (Å²) in [6.45, 7) is 0.822. The van der Waals surface area contributed by atoms with Gasteiger partial charge in [-0.05, 0) is 49.6 Å². The Balaban J connectivity index is 1.87. The molecule has 2 amide bonds. The zero-order valence-electron chi connectivity index (χ0n) is 19.9. The summed E-state index contributed by atoms with van der Waals surface area (Å²) in [4.78, 5) is 27.7. The van der Waals surface area contributed by atoms with E-state index in [1.54, 1.807) is 6.92 Å². The van der Waals surface area contributed by atoms with E-state index >= 15 is 0 Å². The summed E-state index contributed by atoms with van der Waals surface area (Å²) in [7, 11) is -4.02. The molecule has 190 valence electrons. The Bertz CT molecular complexity index is 1140. The van der Waals surface area contributed by atoms with Crippen LogP contribution in [0.5, 0.6) is 0 Å². The van der Waals surface area contributed by atoms with Crippen molar-refractivity contribution in [1.29, 1.82) is 0 Å². The highest BCUT2D eigenvalue weighted by molar-refractivity contribution is 7.92. The Kier molecular flexibility index (Phi) is 8.82. The van der Waals surface area contributed by atoms with Crippen molar-refractivity contribution in [2.75, 3.05) is 17.1 Å². The normalized spacial score (nSPS) is 15.3. The summed E-state index contributed by atoms with van der Waals surface area (Å²) in [5, 5.41) is 2.99. The van der Waals surface area contributed by atoms with Crippen molar-refractivity contribution >= 4 is 27.5 Å². The van der Waals surface area contributed by atoms with Gasteiger partial charge in [0.2, 0.25) is 21.8 Å². The molecule has 2 aromatic rings. The van der Waals surface area contributed by atoms with Gasteiger partial charge in [0, 0.05) is 12.6 Å². The van der Waals surface area contributed by atoms with Crippen LogP contribution in [0, 0.1) is 11.6 Å². The summed E-state index contributed by atoms with van der Waals surface area (Å²) in [5.74, 6) is -2.28. The van der Waals surface area contributed by atoms with E-state index in [1.165, 1.54) is 47.4 Å². The second-order valence-electron chi connectivity index (χ2n) is 8.89. The molecule has 1 aliphatic carbocycles. The van der Waals surface area contributed by atoms with Gasteiger partial charge >= 0.3 is 0 Å². The van der Waals surface area contributed by atoms with Crippen LogP contribution < -0.4 is 9.62 Å². The molecule has 0 spiro atoms. The number of nitrogens with zero attached hydrogens (tertiary/aromatic N) is 2. The molecule has 1 atom stereocenters. The third kappa shape index (κ3) is 7.24. The number of carbonyl (C=O) groups excluding carboxylic acids is 2. The Morgan fingerprint density at radius 1 is 1.03 bits per heavy atom. The Hall–Kier alpha value is -3.01. The second-order valence-corrected chi connectivity index (χ2v) is 10.8. The van der Waals surface area contributed by atoms with Gasteiger partial charge in [0.25, 0.3) is 0 Å². The van der Waals surface area contributed by atoms with Crippen LogP contribution in [0.25, 0.3) is 0 Å². The molecule has 0 unspecified atom stereocenters. The van der Waals surface area contributed by atoms with Crippen molar-refractivity contribution in [3.05, 3.63) is 65.7 Å². The van der Waals surface area contributed by atoms with E-state index < -0.39 is 40.2 Å². The predicted molar refractivity (Wildman–Crippen MR) is 130 cm³/mol. The highest BCUT2D eigenvalue weighted by Crippen LogP contribution is 2.23. The molecule has 0 radical (unpaired) electrons. The van der Waals surface area contributed by atoms with Crippen LogP contribution in [-0.2, 0) is 26.2 Å². The number of nitrogens with one attached hydrogen (secondary N) is 1. The quantitative estimate of drug-likeness (QED) is 0.562. The fourth-order valence-electron chi connectivity index (χ4n) is 4.19. The van der Waals surface area contributed by atoms with Crippen molar-refractivity contribution in [1.82, 2.24) is 10.2 Å². The third-order valence-corrected chi connectivity index (χ3v) is 7.31. The molecular formula is C25H31F2N3O4S. The topological polar surface area (TPSA) is 86.8 Å². The van der Waals surface area contributed by atoms with Crippen LogP contribution in [-0.4, -0.2) is 50.0 Å². The van der Waals surface area contributed by atoms with E-state index in [9.17, 15) is 26.8 Å². The van der Waals surface area contributed by atoms with Gasteiger partial charge in [-0.25, -0.2) is 17.2 Å². The minimum atomic E-state index is -4.02. The lowest BCUT2D eigenvalue weighted by atomic mass is 9.95. The number of carbonyl (C=O) groups is 2. The van der Waals surface area contributed by atoms with E-state index in [0.29, 0.717) is 9.87 Å². The van der Waals surface area contributed by atoms with Gasteiger partial charge in [-0.2, -0.15) is 0 Å². The van der Waals surface area contributed by atoms with Crippen molar-refractivity contribution < 1.29 is 26.8 Å². The average Bonchev–Trinajstić information content (AvgIpc) is 2.82. The van der Waals surface area contributed by atoms with E-state index in [-0.39, 0.29) is 24.2 Å². The van der Waals surface area contributed by atoms with Gasteiger partial charge in [0.15, 0.2) is 0 Å². The number of benzene rings is 2. The van der Waals surface area contributed by atoms with Gasteiger partial charge in [0.05, 0.1) is 11.9 Å². The average molecular weight is 508 g/mol. The first-order valence-corrected chi connectivity index (χ1v) is 13.5. The molecule has 7 nitrogen and oxygen atoms in total. The van der Waals surface area contributed by atoms with Gasteiger partial charge in [-0.15, -0.1) is 0 Å². The SMILES string of the molecule is C[C@H](C(=O)NC1CCCCC1)N(Cc1ccc(F)cc1)C(=O)CN(c1ccccc1F)S(C)(=O)=O. The number of para-hydroxylation sites is 1. The number of hydrogen-bond acceptors (Lipinski definition) is 4. The zero-order chi connectivity index (χ0) is 25.6. The number of anilines is 1. The van der Waals surface area contributed by atoms with E-state index in [0.717, 1.165) is 44.4 Å². The summed E-state index contributed by atoms with van der Waals surface area (Å²) in [6.07, 6.45) is 5.76. The highest BCUT2D eigenvalue weighted by Gasteiger charge is 2.31. The first kappa shape index (κ1) is 26.6. The van der Waals surface area contributed by atoms with Crippen molar-refractivity contribution in [2.24, 2.45) is 0 Å². The van der Waals surface area contributed by atoms with E-state index in [1.807, 2.05) is 0 Å². The molecule has 1 fully saturated rings. The minimum Gasteiger partial charge on any atom is -0.352 e. The van der Waals surface area contributed by atoms with Crippen LogP contribution in [0.3, 0.4) is 0 Å². The standard InChI is InChI=1S/C25H31F2N3O4S/c1-18(25(32)28-21-8-4-3-5-9-21)29(16-19-12-14-20(26)15-13-19)24(31)17-30(35(2,33)34)23-11-7-6-10-22(23)27/h6-7,10-15,18,21H,3-5,8-9,16-17H2,1-2H3,(H,28,32)/t18-/m1/s1. The van der Waals surface area contributed by atoms with Gasteiger partial charge < -0.3 is 10.2 Å². The zero-order valence-corrected chi connectivity index (χ0v) is 20.7. The Labute approximate surface area is 205 Å². The Morgan fingerprint density at radius 3 is 2.26 bits per heavy atom. The van der Waals surface area contributed by atoms with Crippen molar-refractivity contribution in [3.8, 4) is 0 Å². The van der Waals surface area contributed by atoms with Crippen molar-refractivity contribution in [2.45, 2.75) is 57.7 Å². The lowest BCUT2D eigenvalue weighted by molar-refractivity contribution is -0.139. The number of hydrogen-bond donors (Lipinski definition) is 1. The number of halogens is 2. The molecule has 1 N–H and O–H groups in total. The van der Waals surface area contributed by atoms with E-state index in [4.69, 9.17) is 0 Å². The maximum absolute atomic E-state index is 14.4. The number of sulfonamides is 1. The number of amides is 2. The predicted octanol–water partition coefficient (Wildman–Crippen LogP) is 3.60. The monoisotopic (exact) mass is 507 g/mol. The van der Waals surface area contributed by atoms with Crippen LogP contribution in [0.2, 0.25) is 0 Å².